The highest BCUT2D eigenvalue weighted by Crippen LogP contribution is 2.28. The molecular formula is C16H26N2. The zero-order valence-corrected chi connectivity index (χ0v) is 11.3. The molecule has 2 aliphatic carbocycles. The number of allylic oxidation sites excluding steroid dienone is 4. The maximum atomic E-state index is 3.42. The van der Waals surface area contributed by atoms with Gasteiger partial charge in [-0.2, -0.15) is 0 Å². The first-order valence-corrected chi connectivity index (χ1v) is 7.65. The molecule has 2 heterocycles. The minimum Gasteiger partial charge on any atom is -0.316 e. The van der Waals surface area contributed by atoms with Crippen LogP contribution < -0.4 is 10.6 Å². The van der Waals surface area contributed by atoms with Crippen LogP contribution in [0.15, 0.2) is 24.3 Å². The zero-order valence-electron chi connectivity index (χ0n) is 11.3. The second kappa shape index (κ2) is 6.03. The smallest absolute Gasteiger partial charge is 0.00142 e. The first kappa shape index (κ1) is 12.4. The van der Waals surface area contributed by atoms with Gasteiger partial charge in [0.2, 0.25) is 0 Å². The molecule has 2 N–H and O–H groups in total. The minimum absolute atomic E-state index is 0.968. The van der Waals surface area contributed by atoms with E-state index in [2.05, 4.69) is 34.9 Å². The van der Waals surface area contributed by atoms with Gasteiger partial charge in [-0.05, 0) is 75.5 Å². The highest BCUT2D eigenvalue weighted by Gasteiger charge is 2.27. The van der Waals surface area contributed by atoms with Crippen LogP contribution in [0.5, 0.6) is 0 Å². The van der Waals surface area contributed by atoms with E-state index in [1.54, 1.807) is 0 Å². The van der Waals surface area contributed by atoms with Crippen molar-refractivity contribution in [2.24, 2.45) is 23.7 Å². The first-order valence-electron chi connectivity index (χ1n) is 7.65. The van der Waals surface area contributed by atoms with Crippen LogP contribution in [-0.4, -0.2) is 26.2 Å². The Morgan fingerprint density at radius 3 is 1.06 bits per heavy atom. The number of fused-ring (bicyclic) bond motifs is 2. The van der Waals surface area contributed by atoms with Gasteiger partial charge in [-0.15, -0.1) is 0 Å². The molecule has 0 aromatic rings. The van der Waals surface area contributed by atoms with Gasteiger partial charge in [0, 0.05) is 0 Å². The molecule has 2 aliphatic heterocycles. The monoisotopic (exact) mass is 246 g/mol. The van der Waals surface area contributed by atoms with Crippen molar-refractivity contribution in [2.75, 3.05) is 26.2 Å². The largest absolute Gasteiger partial charge is 0.316 e. The van der Waals surface area contributed by atoms with E-state index in [1.807, 2.05) is 0 Å². The van der Waals surface area contributed by atoms with Crippen molar-refractivity contribution < 1.29 is 0 Å². The fourth-order valence-corrected chi connectivity index (χ4v) is 3.76. The van der Waals surface area contributed by atoms with Crippen molar-refractivity contribution in [3.8, 4) is 0 Å². The summed E-state index contributed by atoms with van der Waals surface area (Å²) in [4.78, 5) is 0. The molecule has 4 atom stereocenters. The summed E-state index contributed by atoms with van der Waals surface area (Å²) < 4.78 is 0. The van der Waals surface area contributed by atoms with E-state index in [9.17, 15) is 0 Å². The molecule has 0 aromatic carbocycles. The van der Waals surface area contributed by atoms with Crippen molar-refractivity contribution in [1.82, 2.24) is 10.6 Å². The quantitative estimate of drug-likeness (QED) is 0.641. The molecule has 2 heteroatoms. The Balaban J connectivity index is 0.000000111. The molecule has 18 heavy (non-hydrogen) atoms. The number of hydrogen-bond acceptors (Lipinski definition) is 2. The maximum absolute atomic E-state index is 3.42. The van der Waals surface area contributed by atoms with Crippen LogP contribution in [0.2, 0.25) is 0 Å². The fourth-order valence-electron chi connectivity index (χ4n) is 3.76. The predicted octanol–water partition coefficient (Wildman–Crippen LogP) is 2.34. The van der Waals surface area contributed by atoms with Crippen molar-refractivity contribution in [3.63, 3.8) is 0 Å². The van der Waals surface area contributed by atoms with E-state index in [1.165, 1.54) is 51.9 Å². The van der Waals surface area contributed by atoms with E-state index in [4.69, 9.17) is 0 Å². The summed E-state index contributed by atoms with van der Waals surface area (Å²) in [6, 6.07) is 0. The van der Waals surface area contributed by atoms with Crippen molar-refractivity contribution in [1.29, 1.82) is 0 Å². The average molecular weight is 246 g/mol. The van der Waals surface area contributed by atoms with Crippen molar-refractivity contribution in [3.05, 3.63) is 24.3 Å². The molecule has 2 fully saturated rings. The Bertz CT molecular complexity index is 261. The standard InChI is InChI=1S/2C8H13N/c2*1-2-4-8-6-9-5-7(8)3-1/h2*1-2,7-9H,3-6H2/t2*7-,8+. The molecule has 100 valence electrons. The molecule has 0 bridgehead atoms. The van der Waals surface area contributed by atoms with Crippen LogP contribution in [0.1, 0.15) is 25.7 Å². The van der Waals surface area contributed by atoms with Crippen LogP contribution in [0, 0.1) is 23.7 Å². The van der Waals surface area contributed by atoms with E-state index in [0.29, 0.717) is 0 Å². The Kier molecular flexibility index (Phi) is 4.16. The molecule has 0 unspecified atom stereocenters. The highest BCUT2D eigenvalue weighted by molar-refractivity contribution is 4.99. The van der Waals surface area contributed by atoms with Gasteiger partial charge in [0.05, 0.1) is 0 Å². The molecule has 0 amide bonds. The summed E-state index contributed by atoms with van der Waals surface area (Å²) >= 11 is 0. The second-order valence-corrected chi connectivity index (χ2v) is 6.24. The van der Waals surface area contributed by atoms with Gasteiger partial charge >= 0.3 is 0 Å². The molecule has 4 aliphatic rings. The Hall–Kier alpha value is -0.600. The Labute approximate surface area is 111 Å². The van der Waals surface area contributed by atoms with E-state index < -0.39 is 0 Å². The Morgan fingerprint density at radius 2 is 0.778 bits per heavy atom. The molecule has 0 radical (unpaired) electrons. The molecule has 0 aromatic heterocycles. The second-order valence-electron chi connectivity index (χ2n) is 6.24. The first-order chi connectivity index (χ1) is 8.93. The van der Waals surface area contributed by atoms with Gasteiger partial charge in [-0.3, -0.25) is 0 Å². The molecule has 2 nitrogen and oxygen atoms in total. The summed E-state index contributed by atoms with van der Waals surface area (Å²) in [7, 11) is 0. The van der Waals surface area contributed by atoms with Gasteiger partial charge in [-0.25, -0.2) is 0 Å². The van der Waals surface area contributed by atoms with Crippen LogP contribution in [0.4, 0.5) is 0 Å². The predicted molar refractivity (Wildman–Crippen MR) is 76.4 cm³/mol. The lowest BCUT2D eigenvalue weighted by atomic mass is 9.86. The van der Waals surface area contributed by atoms with Crippen LogP contribution in [0.3, 0.4) is 0 Å². The Morgan fingerprint density at radius 1 is 0.500 bits per heavy atom. The van der Waals surface area contributed by atoms with E-state index >= 15 is 0 Å². The normalized spacial score (nSPS) is 40.9. The summed E-state index contributed by atoms with van der Waals surface area (Å²) in [6.07, 6.45) is 14.6. The van der Waals surface area contributed by atoms with Gasteiger partial charge < -0.3 is 10.6 Å². The number of hydrogen-bond donors (Lipinski definition) is 2. The third-order valence-electron chi connectivity index (χ3n) is 5.05. The topological polar surface area (TPSA) is 24.1 Å². The third-order valence-corrected chi connectivity index (χ3v) is 5.05. The van der Waals surface area contributed by atoms with Gasteiger partial charge in [0.25, 0.3) is 0 Å². The van der Waals surface area contributed by atoms with Crippen molar-refractivity contribution in [2.45, 2.75) is 25.7 Å². The lowest BCUT2D eigenvalue weighted by Crippen LogP contribution is -2.13. The minimum atomic E-state index is 0.968. The van der Waals surface area contributed by atoms with Gasteiger partial charge in [0.15, 0.2) is 0 Å². The summed E-state index contributed by atoms with van der Waals surface area (Å²) in [5, 5.41) is 6.85. The molecule has 2 saturated heterocycles. The molecule has 4 rings (SSSR count). The lowest BCUT2D eigenvalue weighted by molar-refractivity contribution is 0.411. The highest BCUT2D eigenvalue weighted by atomic mass is 14.9. The van der Waals surface area contributed by atoms with Crippen LogP contribution in [0.25, 0.3) is 0 Å². The SMILES string of the molecule is C1=CC[C@H]2CNC[C@H]2C1.C1=CC[C@H]2CNC[C@H]2C1. The van der Waals surface area contributed by atoms with E-state index in [-0.39, 0.29) is 0 Å². The van der Waals surface area contributed by atoms with Gasteiger partial charge in [-0.1, -0.05) is 24.3 Å². The molecule has 0 saturated carbocycles. The number of rotatable bonds is 0. The summed E-state index contributed by atoms with van der Waals surface area (Å²) in [5.74, 6) is 3.87. The van der Waals surface area contributed by atoms with Crippen LogP contribution >= 0.6 is 0 Å². The van der Waals surface area contributed by atoms with Crippen LogP contribution in [-0.2, 0) is 0 Å². The van der Waals surface area contributed by atoms with Crippen molar-refractivity contribution >= 4 is 0 Å². The summed E-state index contributed by atoms with van der Waals surface area (Å²) in [6.45, 7) is 5.04. The zero-order chi connectivity index (χ0) is 12.2. The van der Waals surface area contributed by atoms with E-state index in [0.717, 1.165) is 23.7 Å². The fraction of sp³-hybridized carbons (Fsp3) is 0.750. The maximum Gasteiger partial charge on any atom is -0.00142 e. The summed E-state index contributed by atoms with van der Waals surface area (Å²) in [5.41, 5.74) is 0. The average Bonchev–Trinajstić information content (AvgIpc) is 3.08. The lowest BCUT2D eigenvalue weighted by Gasteiger charge is -2.18. The molecular weight excluding hydrogens is 220 g/mol. The third kappa shape index (κ3) is 2.86. The molecule has 0 spiro atoms. The van der Waals surface area contributed by atoms with Gasteiger partial charge in [0.1, 0.15) is 0 Å². The number of nitrogens with one attached hydrogen (secondary N) is 2.